The third-order valence-electron chi connectivity index (χ3n) is 5.82. The first kappa shape index (κ1) is 20.5. The fourth-order valence-corrected chi connectivity index (χ4v) is 4.29. The molecule has 28 heavy (non-hydrogen) atoms. The maximum absolute atomic E-state index is 4.20. The Hall–Kier alpha value is -2.20. The summed E-state index contributed by atoms with van der Waals surface area (Å²) in [5.41, 5.74) is 4.58. The van der Waals surface area contributed by atoms with Gasteiger partial charge in [0, 0.05) is 32.0 Å². The molecule has 5 rings (SSSR count). The van der Waals surface area contributed by atoms with Crippen LogP contribution in [0.4, 0.5) is 0 Å². The summed E-state index contributed by atoms with van der Waals surface area (Å²) in [4.78, 5) is 11.1. The molecule has 0 amide bonds. The van der Waals surface area contributed by atoms with Crippen LogP contribution < -0.4 is 5.32 Å². The van der Waals surface area contributed by atoms with Crippen molar-refractivity contribution in [1.82, 2.24) is 15.2 Å². The number of nitrogens with one attached hydrogen (secondary N) is 1. The van der Waals surface area contributed by atoms with Crippen molar-refractivity contribution in [2.45, 2.75) is 45.1 Å². The third kappa shape index (κ3) is 5.90. The molecule has 150 valence electrons. The van der Waals surface area contributed by atoms with Gasteiger partial charge in [-0.05, 0) is 75.7 Å². The Labute approximate surface area is 170 Å². The van der Waals surface area contributed by atoms with Crippen LogP contribution in [-0.2, 0) is 6.42 Å². The Bertz CT molecular complexity index is 724. The Morgan fingerprint density at radius 3 is 2.71 bits per heavy atom. The lowest BCUT2D eigenvalue weighted by molar-refractivity contribution is 0.0498. The second kappa shape index (κ2) is 10.4. The van der Waals surface area contributed by atoms with Crippen molar-refractivity contribution in [3.8, 4) is 0 Å². The van der Waals surface area contributed by atoms with Crippen molar-refractivity contribution in [1.29, 1.82) is 0 Å². The average molecular weight is 379 g/mol. The molecule has 3 fully saturated rings. The molecule has 1 N–H and O–H groups in total. The van der Waals surface area contributed by atoms with E-state index in [-0.39, 0.29) is 0 Å². The van der Waals surface area contributed by atoms with E-state index in [4.69, 9.17) is 0 Å². The molecule has 0 aliphatic carbocycles. The number of aliphatic imine (C=N–C) groups is 1. The van der Waals surface area contributed by atoms with Crippen LogP contribution >= 0.6 is 0 Å². The zero-order chi connectivity index (χ0) is 19.8. The molecule has 4 aliphatic heterocycles. The summed E-state index contributed by atoms with van der Waals surface area (Å²) < 4.78 is 0. The lowest BCUT2D eigenvalue weighted by Crippen LogP contribution is -2.49. The number of rotatable bonds is 5. The van der Waals surface area contributed by atoms with Gasteiger partial charge in [-0.2, -0.15) is 0 Å². The summed E-state index contributed by atoms with van der Waals surface area (Å²) in [5, 5.41) is 3.28. The van der Waals surface area contributed by atoms with Crippen LogP contribution in [0.1, 0.15) is 38.2 Å². The summed E-state index contributed by atoms with van der Waals surface area (Å²) in [6.45, 7) is 9.46. The Morgan fingerprint density at radius 1 is 1.36 bits per heavy atom. The number of nitrogens with zero attached hydrogens (tertiary/aromatic N) is 3. The standard InChI is InChI=1S/C13H18N2.C11H16N2/c1-2-12(10-14-5-1)9-13-8-11-3-6-15(13)7-4-11;1-9(2)6-7-10(12-3)11-5-4-8-13-11/h1-2,5,10-11,13H,3-4,6-9H2;5-7,13H,1,4,8H2,2-3H3/b;7-6-,12-10?. The number of piperidine rings is 3. The largest absolute Gasteiger partial charge is 0.383 e. The van der Waals surface area contributed by atoms with Gasteiger partial charge in [-0.3, -0.25) is 9.98 Å². The molecule has 5 heterocycles. The summed E-state index contributed by atoms with van der Waals surface area (Å²) >= 11 is 0. The van der Waals surface area contributed by atoms with E-state index in [1.54, 1.807) is 7.05 Å². The summed E-state index contributed by atoms with van der Waals surface area (Å²) in [6.07, 6.45) is 16.6. The maximum atomic E-state index is 4.20. The van der Waals surface area contributed by atoms with Crippen LogP contribution in [0.2, 0.25) is 0 Å². The van der Waals surface area contributed by atoms with E-state index in [1.807, 2.05) is 37.5 Å². The highest BCUT2D eigenvalue weighted by atomic mass is 15.2. The molecule has 0 aromatic carbocycles. The summed E-state index contributed by atoms with van der Waals surface area (Å²) in [6, 6.07) is 5.05. The van der Waals surface area contributed by atoms with E-state index in [1.165, 1.54) is 44.3 Å². The van der Waals surface area contributed by atoms with Gasteiger partial charge in [0.2, 0.25) is 0 Å². The normalized spacial score (nSPS) is 26.4. The minimum Gasteiger partial charge on any atom is -0.383 e. The van der Waals surface area contributed by atoms with Crippen molar-refractivity contribution in [2.24, 2.45) is 10.9 Å². The lowest BCUT2D eigenvalue weighted by Gasteiger charge is -2.45. The van der Waals surface area contributed by atoms with E-state index < -0.39 is 0 Å². The van der Waals surface area contributed by atoms with Crippen LogP contribution in [0.3, 0.4) is 0 Å². The molecular weight excluding hydrogens is 344 g/mol. The first-order valence-electron chi connectivity index (χ1n) is 10.5. The zero-order valence-electron chi connectivity index (χ0n) is 17.4. The molecule has 2 bridgehead atoms. The van der Waals surface area contributed by atoms with Gasteiger partial charge in [0.1, 0.15) is 0 Å². The Morgan fingerprint density at radius 2 is 2.18 bits per heavy atom. The van der Waals surface area contributed by atoms with Crippen molar-refractivity contribution >= 4 is 5.71 Å². The van der Waals surface area contributed by atoms with E-state index >= 15 is 0 Å². The summed E-state index contributed by atoms with van der Waals surface area (Å²) in [7, 11) is 1.80. The zero-order valence-corrected chi connectivity index (χ0v) is 17.4. The lowest BCUT2D eigenvalue weighted by atomic mass is 9.81. The van der Waals surface area contributed by atoms with Gasteiger partial charge in [-0.1, -0.05) is 30.4 Å². The van der Waals surface area contributed by atoms with Crippen molar-refractivity contribution in [3.63, 3.8) is 0 Å². The molecule has 1 aromatic heterocycles. The van der Waals surface area contributed by atoms with Crippen molar-refractivity contribution < 1.29 is 0 Å². The predicted molar refractivity (Wildman–Crippen MR) is 119 cm³/mol. The number of hydrogen-bond acceptors (Lipinski definition) is 4. The minimum atomic E-state index is 0.793. The fraction of sp³-hybridized carbons (Fsp3) is 0.500. The molecule has 0 spiro atoms. The number of fused-ring (bicyclic) bond motifs is 3. The minimum absolute atomic E-state index is 0.793. The quantitative estimate of drug-likeness (QED) is 0.617. The Kier molecular flexibility index (Phi) is 7.61. The third-order valence-corrected chi connectivity index (χ3v) is 5.82. The number of allylic oxidation sites excluding steroid dienone is 3. The molecule has 1 unspecified atom stereocenters. The van der Waals surface area contributed by atoms with Gasteiger partial charge in [0.25, 0.3) is 0 Å². The molecular formula is C24H34N4. The number of hydrogen-bond donors (Lipinski definition) is 1. The van der Waals surface area contributed by atoms with Crippen LogP contribution in [0.15, 0.2) is 65.6 Å². The summed E-state index contributed by atoms with van der Waals surface area (Å²) in [5.74, 6) is 1.01. The monoisotopic (exact) mass is 378 g/mol. The van der Waals surface area contributed by atoms with Crippen LogP contribution in [0.25, 0.3) is 0 Å². The fourth-order valence-electron chi connectivity index (χ4n) is 4.29. The van der Waals surface area contributed by atoms with Gasteiger partial charge in [0.05, 0.1) is 11.4 Å². The molecule has 1 aromatic rings. The van der Waals surface area contributed by atoms with E-state index in [2.05, 4.69) is 38.9 Å². The molecule has 3 saturated heterocycles. The van der Waals surface area contributed by atoms with Gasteiger partial charge >= 0.3 is 0 Å². The van der Waals surface area contributed by atoms with Gasteiger partial charge < -0.3 is 10.2 Å². The van der Waals surface area contributed by atoms with Gasteiger partial charge in [-0.25, -0.2) is 0 Å². The molecule has 4 heteroatoms. The topological polar surface area (TPSA) is 40.5 Å². The highest BCUT2D eigenvalue weighted by Crippen LogP contribution is 2.33. The second-order valence-electron chi connectivity index (χ2n) is 8.06. The molecule has 4 aliphatic rings. The second-order valence-corrected chi connectivity index (χ2v) is 8.06. The maximum Gasteiger partial charge on any atom is 0.0799 e. The number of pyridine rings is 1. The first-order chi connectivity index (χ1) is 13.7. The van der Waals surface area contributed by atoms with Gasteiger partial charge in [-0.15, -0.1) is 0 Å². The SMILES string of the molecule is C=C(C)/C=C\C(=NC)C1=CCCN1.c1cncc(CC2CC3CCN2CC3)c1. The highest BCUT2D eigenvalue weighted by molar-refractivity contribution is 6.08. The number of aromatic nitrogens is 1. The van der Waals surface area contributed by atoms with E-state index in [0.29, 0.717) is 0 Å². The van der Waals surface area contributed by atoms with Crippen LogP contribution in [-0.4, -0.2) is 48.3 Å². The smallest absolute Gasteiger partial charge is 0.0799 e. The first-order valence-corrected chi connectivity index (χ1v) is 10.5. The van der Waals surface area contributed by atoms with Gasteiger partial charge in [0.15, 0.2) is 0 Å². The van der Waals surface area contributed by atoms with Crippen LogP contribution in [0, 0.1) is 5.92 Å². The van der Waals surface area contributed by atoms with E-state index in [0.717, 1.165) is 41.9 Å². The van der Waals surface area contributed by atoms with Crippen LogP contribution in [0.5, 0.6) is 0 Å². The van der Waals surface area contributed by atoms with Crippen molar-refractivity contribution in [2.75, 3.05) is 26.7 Å². The average Bonchev–Trinajstić information content (AvgIpc) is 3.25. The highest BCUT2D eigenvalue weighted by Gasteiger charge is 2.33. The predicted octanol–water partition coefficient (Wildman–Crippen LogP) is 4.18. The molecule has 0 saturated carbocycles. The molecule has 0 radical (unpaired) electrons. The molecule has 1 atom stereocenters. The van der Waals surface area contributed by atoms with Crippen molar-refractivity contribution in [3.05, 3.63) is 66.2 Å². The van der Waals surface area contributed by atoms with E-state index in [9.17, 15) is 0 Å². The molecule has 4 nitrogen and oxygen atoms in total. The Balaban J connectivity index is 0.000000163.